The van der Waals surface area contributed by atoms with Gasteiger partial charge in [0.15, 0.2) is 4.96 Å². The maximum absolute atomic E-state index is 13.6. The molecule has 1 aliphatic rings. The van der Waals surface area contributed by atoms with Crippen molar-refractivity contribution in [3.63, 3.8) is 0 Å². The molecule has 7 nitrogen and oxygen atoms in total. The van der Waals surface area contributed by atoms with Crippen LogP contribution in [0.5, 0.6) is 0 Å². The first-order valence-electron chi connectivity index (χ1n) is 16.4. The third kappa shape index (κ3) is 7.40. The van der Waals surface area contributed by atoms with E-state index in [0.29, 0.717) is 12.1 Å². The van der Waals surface area contributed by atoms with Gasteiger partial charge >= 0.3 is 0 Å². The maximum atomic E-state index is 13.6. The fourth-order valence-electron chi connectivity index (χ4n) is 6.59. The van der Waals surface area contributed by atoms with E-state index < -0.39 is 6.04 Å². The van der Waals surface area contributed by atoms with Gasteiger partial charge in [0.05, 0.1) is 12.1 Å². The number of aryl methyl sites for hydroxylation is 2. The Balaban J connectivity index is 1.02. The molecule has 0 spiro atoms. The van der Waals surface area contributed by atoms with Gasteiger partial charge in [0.1, 0.15) is 6.04 Å². The number of rotatable bonds is 10. The van der Waals surface area contributed by atoms with E-state index in [4.69, 9.17) is 4.98 Å². The SMILES string of the molecule is Cc1cc(C)cc(CC(=O)N[C@@H](Cc2ccccc2)C(=O)Nc2ccc(-c3cn4c5c(sc4n3)CN(Cc3ccccc3)CC5)cc2)c1. The summed E-state index contributed by atoms with van der Waals surface area (Å²) >= 11 is 1.77. The van der Waals surface area contributed by atoms with Crippen LogP contribution in [0.15, 0.2) is 109 Å². The number of nitrogens with zero attached hydrogens (tertiary/aromatic N) is 3. The molecular formula is C40H39N5O2S. The van der Waals surface area contributed by atoms with Crippen molar-refractivity contribution in [1.82, 2.24) is 19.6 Å². The number of carbonyl (C=O) groups is 2. The number of hydrogen-bond acceptors (Lipinski definition) is 5. The molecule has 242 valence electrons. The number of fused-ring (bicyclic) bond motifs is 3. The zero-order valence-electron chi connectivity index (χ0n) is 27.3. The van der Waals surface area contributed by atoms with Gasteiger partial charge in [-0.1, -0.05) is 113 Å². The van der Waals surface area contributed by atoms with E-state index >= 15 is 0 Å². The molecule has 0 radical (unpaired) electrons. The van der Waals surface area contributed by atoms with E-state index in [-0.39, 0.29) is 18.2 Å². The topological polar surface area (TPSA) is 78.7 Å². The second-order valence-electron chi connectivity index (χ2n) is 12.7. The van der Waals surface area contributed by atoms with Crippen LogP contribution in [0, 0.1) is 13.8 Å². The number of amides is 2. The molecule has 0 fully saturated rings. The minimum Gasteiger partial charge on any atom is -0.344 e. The Hall–Kier alpha value is -5.05. The monoisotopic (exact) mass is 653 g/mol. The third-order valence-electron chi connectivity index (χ3n) is 8.81. The largest absolute Gasteiger partial charge is 0.344 e. The summed E-state index contributed by atoms with van der Waals surface area (Å²) in [6.07, 6.45) is 3.73. The number of anilines is 1. The zero-order valence-corrected chi connectivity index (χ0v) is 28.1. The lowest BCUT2D eigenvalue weighted by molar-refractivity contribution is -0.126. The Kier molecular flexibility index (Phi) is 9.18. The van der Waals surface area contributed by atoms with Crippen LogP contribution in [0.3, 0.4) is 0 Å². The van der Waals surface area contributed by atoms with Crippen LogP contribution in [0.2, 0.25) is 0 Å². The van der Waals surface area contributed by atoms with Gasteiger partial charge in [-0.15, -0.1) is 0 Å². The van der Waals surface area contributed by atoms with Crippen LogP contribution in [-0.4, -0.2) is 38.7 Å². The minimum atomic E-state index is -0.722. The van der Waals surface area contributed by atoms with Crippen molar-refractivity contribution in [2.75, 3.05) is 11.9 Å². The first kappa shape index (κ1) is 31.5. The van der Waals surface area contributed by atoms with Gasteiger partial charge in [-0.25, -0.2) is 4.98 Å². The first-order chi connectivity index (χ1) is 23.4. The molecule has 4 aromatic carbocycles. The van der Waals surface area contributed by atoms with Gasteiger partial charge in [0.25, 0.3) is 0 Å². The van der Waals surface area contributed by atoms with E-state index in [0.717, 1.165) is 64.5 Å². The van der Waals surface area contributed by atoms with E-state index in [1.165, 1.54) is 16.1 Å². The fourth-order valence-corrected chi connectivity index (χ4v) is 7.78. The van der Waals surface area contributed by atoms with Gasteiger partial charge < -0.3 is 10.6 Å². The molecule has 0 bridgehead atoms. The molecule has 2 aromatic heterocycles. The van der Waals surface area contributed by atoms with Gasteiger partial charge in [-0.3, -0.25) is 18.9 Å². The van der Waals surface area contributed by atoms with Gasteiger partial charge in [-0.05, 0) is 42.7 Å². The van der Waals surface area contributed by atoms with E-state index in [1.807, 2.05) is 80.6 Å². The highest BCUT2D eigenvalue weighted by molar-refractivity contribution is 7.17. The Bertz CT molecular complexity index is 2030. The van der Waals surface area contributed by atoms with Crippen LogP contribution < -0.4 is 10.6 Å². The lowest BCUT2D eigenvalue weighted by Crippen LogP contribution is -2.45. The molecule has 6 aromatic rings. The number of thiazole rings is 1. The number of benzene rings is 4. The summed E-state index contributed by atoms with van der Waals surface area (Å²) in [6, 6.07) is 33.6. The van der Waals surface area contributed by atoms with Crippen molar-refractivity contribution in [1.29, 1.82) is 0 Å². The Morgan fingerprint density at radius 2 is 1.54 bits per heavy atom. The Labute approximate surface area is 285 Å². The fraction of sp³-hybridized carbons (Fsp3) is 0.225. The van der Waals surface area contributed by atoms with Crippen molar-refractivity contribution >= 4 is 33.8 Å². The summed E-state index contributed by atoms with van der Waals surface area (Å²) in [7, 11) is 0. The molecule has 0 saturated carbocycles. The standard InChI is InChI=1S/C40H39N5O2S/c1-27-19-28(2)21-31(20-27)23-38(46)42-34(22-29-9-5-3-6-10-29)39(47)41-33-15-13-32(14-16-33)35-25-45-36-17-18-44(24-30-11-7-4-8-12-30)26-37(36)48-40(45)43-35/h3-16,19-21,25,34H,17-18,22-24,26H2,1-2H3,(H,41,47)(H,42,46)/t34-/m0/s1. The van der Waals surface area contributed by atoms with Crippen molar-refractivity contribution in [2.24, 2.45) is 0 Å². The number of nitrogens with one attached hydrogen (secondary N) is 2. The van der Waals surface area contributed by atoms with Crippen molar-refractivity contribution in [3.8, 4) is 11.3 Å². The van der Waals surface area contributed by atoms with E-state index in [1.54, 1.807) is 11.3 Å². The molecular weight excluding hydrogens is 615 g/mol. The Morgan fingerprint density at radius 3 is 2.25 bits per heavy atom. The first-order valence-corrected chi connectivity index (χ1v) is 17.3. The summed E-state index contributed by atoms with van der Waals surface area (Å²) in [5, 5.41) is 6.03. The predicted molar refractivity (Wildman–Crippen MR) is 193 cm³/mol. The Morgan fingerprint density at radius 1 is 0.854 bits per heavy atom. The van der Waals surface area contributed by atoms with Crippen molar-refractivity contribution in [2.45, 2.75) is 52.2 Å². The lowest BCUT2D eigenvalue weighted by atomic mass is 10.0. The van der Waals surface area contributed by atoms with Gasteiger partial charge in [0, 0.05) is 60.5 Å². The highest BCUT2D eigenvalue weighted by Crippen LogP contribution is 2.32. The van der Waals surface area contributed by atoms with E-state index in [9.17, 15) is 9.59 Å². The van der Waals surface area contributed by atoms with Crippen LogP contribution in [0.25, 0.3) is 16.2 Å². The zero-order chi connectivity index (χ0) is 33.0. The van der Waals surface area contributed by atoms with Crippen LogP contribution >= 0.6 is 11.3 Å². The van der Waals surface area contributed by atoms with Crippen LogP contribution in [-0.2, 0) is 41.9 Å². The summed E-state index contributed by atoms with van der Waals surface area (Å²) in [5.74, 6) is -0.437. The van der Waals surface area contributed by atoms with Crippen LogP contribution in [0.4, 0.5) is 5.69 Å². The maximum Gasteiger partial charge on any atom is 0.247 e. The summed E-state index contributed by atoms with van der Waals surface area (Å²) in [5.41, 5.74) is 9.40. The summed E-state index contributed by atoms with van der Waals surface area (Å²) in [6.45, 7) is 6.97. The number of hydrogen-bond donors (Lipinski definition) is 2. The summed E-state index contributed by atoms with van der Waals surface area (Å²) in [4.78, 5) is 36.6. The average Bonchev–Trinajstić information content (AvgIpc) is 3.63. The molecule has 2 N–H and O–H groups in total. The van der Waals surface area contributed by atoms with Gasteiger partial charge in [0.2, 0.25) is 11.8 Å². The highest BCUT2D eigenvalue weighted by atomic mass is 32.1. The molecule has 48 heavy (non-hydrogen) atoms. The second-order valence-corrected chi connectivity index (χ2v) is 13.8. The van der Waals surface area contributed by atoms with E-state index in [2.05, 4.69) is 62.5 Å². The summed E-state index contributed by atoms with van der Waals surface area (Å²) < 4.78 is 2.25. The van der Waals surface area contributed by atoms with Gasteiger partial charge in [-0.2, -0.15) is 0 Å². The quantitative estimate of drug-likeness (QED) is 0.165. The number of aromatic nitrogens is 2. The predicted octanol–water partition coefficient (Wildman–Crippen LogP) is 7.15. The molecule has 3 heterocycles. The molecule has 1 atom stereocenters. The molecule has 7 rings (SSSR count). The smallest absolute Gasteiger partial charge is 0.247 e. The highest BCUT2D eigenvalue weighted by Gasteiger charge is 2.24. The molecule has 0 unspecified atom stereocenters. The molecule has 1 aliphatic heterocycles. The lowest BCUT2D eigenvalue weighted by Gasteiger charge is -2.26. The van der Waals surface area contributed by atoms with Crippen LogP contribution in [0.1, 0.15) is 38.4 Å². The second kappa shape index (κ2) is 14.0. The molecule has 0 aliphatic carbocycles. The van der Waals surface area contributed by atoms with Crippen molar-refractivity contribution in [3.05, 3.63) is 148 Å². The number of imidazole rings is 1. The van der Waals surface area contributed by atoms with Crippen molar-refractivity contribution < 1.29 is 9.59 Å². The average molecular weight is 654 g/mol. The normalized spacial score (nSPS) is 13.6. The molecule has 2 amide bonds. The minimum absolute atomic E-state index is 0.183. The third-order valence-corrected chi connectivity index (χ3v) is 9.89. The molecule has 8 heteroatoms. The number of carbonyl (C=O) groups excluding carboxylic acids is 2. The molecule has 0 saturated heterocycles.